The third-order valence-electron chi connectivity index (χ3n) is 3.71. The number of hydrogen-bond donors (Lipinski definition) is 2. The molecule has 0 atom stereocenters. The molecule has 2 N–H and O–H groups in total. The lowest BCUT2D eigenvalue weighted by Gasteiger charge is -2.09. The lowest BCUT2D eigenvalue weighted by molar-refractivity contribution is -0.136. The van der Waals surface area contributed by atoms with E-state index in [-0.39, 0.29) is 0 Å². The van der Waals surface area contributed by atoms with Crippen LogP contribution in [0.3, 0.4) is 0 Å². The summed E-state index contributed by atoms with van der Waals surface area (Å²) in [7, 11) is 0. The molecular formula is C19H22N2O2S. The highest BCUT2D eigenvalue weighted by molar-refractivity contribution is 7.98. The SMILES string of the molecule is CSCCc1ccc(NC(=O)C(=O)NCc2ccccc2C)cc1. The van der Waals surface area contributed by atoms with Crippen molar-refractivity contribution in [1.29, 1.82) is 0 Å². The molecule has 0 aliphatic rings. The number of anilines is 1. The first-order valence-corrected chi connectivity index (χ1v) is 9.21. The lowest BCUT2D eigenvalue weighted by atomic mass is 10.1. The number of benzene rings is 2. The van der Waals surface area contributed by atoms with Crippen LogP contribution < -0.4 is 10.6 Å². The van der Waals surface area contributed by atoms with Gasteiger partial charge < -0.3 is 10.6 Å². The molecule has 0 saturated carbocycles. The van der Waals surface area contributed by atoms with E-state index < -0.39 is 11.8 Å². The molecule has 126 valence electrons. The first kappa shape index (κ1) is 18.1. The largest absolute Gasteiger partial charge is 0.344 e. The summed E-state index contributed by atoms with van der Waals surface area (Å²) in [4.78, 5) is 23.9. The van der Waals surface area contributed by atoms with Crippen LogP contribution in [0.15, 0.2) is 48.5 Å². The van der Waals surface area contributed by atoms with E-state index >= 15 is 0 Å². The Hall–Kier alpha value is -2.27. The van der Waals surface area contributed by atoms with Gasteiger partial charge in [-0.05, 0) is 54.2 Å². The van der Waals surface area contributed by atoms with Crippen LogP contribution >= 0.6 is 11.8 Å². The quantitative estimate of drug-likeness (QED) is 0.793. The Morgan fingerprint density at radius 1 is 1.00 bits per heavy atom. The van der Waals surface area contributed by atoms with Gasteiger partial charge in [-0.2, -0.15) is 11.8 Å². The molecule has 4 nitrogen and oxygen atoms in total. The van der Waals surface area contributed by atoms with Gasteiger partial charge in [-0.1, -0.05) is 36.4 Å². The standard InChI is InChI=1S/C19H22N2O2S/c1-14-5-3-4-6-16(14)13-20-18(22)19(23)21-17-9-7-15(8-10-17)11-12-24-2/h3-10H,11-13H2,1-2H3,(H,20,22)(H,21,23). The minimum Gasteiger partial charge on any atom is -0.344 e. The van der Waals surface area contributed by atoms with Crippen molar-refractivity contribution in [3.05, 3.63) is 65.2 Å². The van der Waals surface area contributed by atoms with Gasteiger partial charge in [0.2, 0.25) is 0 Å². The number of carbonyl (C=O) groups is 2. The highest BCUT2D eigenvalue weighted by Crippen LogP contribution is 2.11. The van der Waals surface area contributed by atoms with E-state index in [9.17, 15) is 9.59 Å². The summed E-state index contributed by atoms with van der Waals surface area (Å²) in [5, 5.41) is 5.27. The Morgan fingerprint density at radius 3 is 2.38 bits per heavy atom. The summed E-state index contributed by atoms with van der Waals surface area (Å²) in [6, 6.07) is 15.3. The molecule has 2 amide bonds. The molecule has 0 fully saturated rings. The number of carbonyl (C=O) groups excluding carboxylic acids is 2. The van der Waals surface area contributed by atoms with Gasteiger partial charge >= 0.3 is 11.8 Å². The molecule has 0 spiro atoms. The number of aryl methyl sites for hydroxylation is 2. The number of rotatable bonds is 6. The van der Waals surface area contributed by atoms with Gasteiger partial charge in [-0.15, -0.1) is 0 Å². The van der Waals surface area contributed by atoms with Crippen LogP contribution in [-0.4, -0.2) is 23.8 Å². The average molecular weight is 342 g/mol. The maximum Gasteiger partial charge on any atom is 0.313 e. The van der Waals surface area contributed by atoms with Crippen molar-refractivity contribution >= 4 is 29.3 Å². The van der Waals surface area contributed by atoms with Crippen molar-refractivity contribution in [2.24, 2.45) is 0 Å². The zero-order valence-corrected chi connectivity index (χ0v) is 14.8. The van der Waals surface area contributed by atoms with Gasteiger partial charge in [0, 0.05) is 12.2 Å². The minimum absolute atomic E-state index is 0.340. The summed E-state index contributed by atoms with van der Waals surface area (Å²) >= 11 is 1.80. The molecule has 2 aromatic carbocycles. The second kappa shape index (κ2) is 9.13. The maximum atomic E-state index is 11.9. The number of hydrogen-bond acceptors (Lipinski definition) is 3. The Morgan fingerprint density at radius 2 is 1.71 bits per heavy atom. The van der Waals surface area contributed by atoms with Crippen LogP contribution in [0.4, 0.5) is 5.69 Å². The predicted octanol–water partition coefficient (Wildman–Crippen LogP) is 3.16. The van der Waals surface area contributed by atoms with Gasteiger partial charge in [0.15, 0.2) is 0 Å². The van der Waals surface area contributed by atoms with E-state index in [1.807, 2.05) is 55.5 Å². The minimum atomic E-state index is -0.652. The molecule has 0 saturated heterocycles. The summed E-state index contributed by atoms with van der Waals surface area (Å²) in [5.41, 5.74) is 3.92. The fourth-order valence-corrected chi connectivity index (χ4v) is 2.67. The smallest absolute Gasteiger partial charge is 0.313 e. The monoisotopic (exact) mass is 342 g/mol. The molecule has 2 aromatic rings. The van der Waals surface area contributed by atoms with E-state index in [2.05, 4.69) is 16.9 Å². The fourth-order valence-electron chi connectivity index (χ4n) is 2.23. The average Bonchev–Trinajstić information content (AvgIpc) is 2.60. The first-order valence-electron chi connectivity index (χ1n) is 7.81. The highest BCUT2D eigenvalue weighted by Gasteiger charge is 2.13. The van der Waals surface area contributed by atoms with E-state index in [1.165, 1.54) is 5.56 Å². The second-order valence-corrected chi connectivity index (χ2v) is 6.49. The highest BCUT2D eigenvalue weighted by atomic mass is 32.2. The van der Waals surface area contributed by atoms with Crippen LogP contribution in [-0.2, 0) is 22.6 Å². The van der Waals surface area contributed by atoms with Crippen LogP contribution in [0.2, 0.25) is 0 Å². The molecule has 24 heavy (non-hydrogen) atoms. The molecule has 0 bridgehead atoms. The molecule has 0 heterocycles. The Kier molecular flexibility index (Phi) is 6.88. The third-order valence-corrected chi connectivity index (χ3v) is 4.33. The summed E-state index contributed by atoms with van der Waals surface area (Å²) in [5.74, 6) is -0.224. The van der Waals surface area contributed by atoms with Crippen molar-refractivity contribution in [2.75, 3.05) is 17.3 Å². The van der Waals surface area contributed by atoms with Crippen molar-refractivity contribution in [2.45, 2.75) is 19.9 Å². The number of thioether (sulfide) groups is 1. The molecule has 0 aliphatic carbocycles. The molecule has 5 heteroatoms. The van der Waals surface area contributed by atoms with E-state index in [0.29, 0.717) is 12.2 Å². The van der Waals surface area contributed by atoms with Gasteiger partial charge in [0.05, 0.1) is 0 Å². The normalized spacial score (nSPS) is 10.2. The Bertz CT molecular complexity index is 699. The molecule has 0 aromatic heterocycles. The number of nitrogens with one attached hydrogen (secondary N) is 2. The van der Waals surface area contributed by atoms with Gasteiger partial charge in [0.25, 0.3) is 0 Å². The first-order chi connectivity index (χ1) is 11.6. The fraction of sp³-hybridized carbons (Fsp3) is 0.263. The van der Waals surface area contributed by atoms with Gasteiger partial charge in [0.1, 0.15) is 0 Å². The van der Waals surface area contributed by atoms with Gasteiger partial charge in [-0.25, -0.2) is 0 Å². The van der Waals surface area contributed by atoms with Crippen molar-refractivity contribution in [3.63, 3.8) is 0 Å². The lowest BCUT2D eigenvalue weighted by Crippen LogP contribution is -2.35. The maximum absolute atomic E-state index is 11.9. The summed E-state index contributed by atoms with van der Waals surface area (Å²) < 4.78 is 0. The van der Waals surface area contributed by atoms with Gasteiger partial charge in [-0.3, -0.25) is 9.59 Å². The second-order valence-electron chi connectivity index (χ2n) is 5.50. The molecule has 0 aliphatic heterocycles. The number of amides is 2. The predicted molar refractivity (Wildman–Crippen MR) is 100 cm³/mol. The van der Waals surface area contributed by atoms with E-state index in [1.54, 1.807) is 11.8 Å². The molecule has 0 radical (unpaired) electrons. The molecule has 0 unspecified atom stereocenters. The molecule has 2 rings (SSSR count). The van der Waals surface area contributed by atoms with Crippen LogP contribution in [0.25, 0.3) is 0 Å². The summed E-state index contributed by atoms with van der Waals surface area (Å²) in [6.07, 6.45) is 3.07. The summed E-state index contributed by atoms with van der Waals surface area (Å²) in [6.45, 7) is 2.31. The Labute approximate surface area is 147 Å². The van der Waals surface area contributed by atoms with E-state index in [4.69, 9.17) is 0 Å². The van der Waals surface area contributed by atoms with Crippen LogP contribution in [0, 0.1) is 6.92 Å². The molecular weight excluding hydrogens is 320 g/mol. The Balaban J connectivity index is 1.85. The third kappa shape index (κ3) is 5.42. The zero-order chi connectivity index (χ0) is 17.4. The van der Waals surface area contributed by atoms with E-state index in [0.717, 1.165) is 23.3 Å². The van der Waals surface area contributed by atoms with Crippen molar-refractivity contribution in [3.8, 4) is 0 Å². The topological polar surface area (TPSA) is 58.2 Å². The van der Waals surface area contributed by atoms with Crippen LogP contribution in [0.1, 0.15) is 16.7 Å². The van der Waals surface area contributed by atoms with Crippen LogP contribution in [0.5, 0.6) is 0 Å². The zero-order valence-electron chi connectivity index (χ0n) is 14.0. The van der Waals surface area contributed by atoms with Crippen molar-refractivity contribution < 1.29 is 9.59 Å². The van der Waals surface area contributed by atoms with Crippen molar-refractivity contribution in [1.82, 2.24) is 5.32 Å².